The average molecular weight is 380 g/mol. The van der Waals surface area contributed by atoms with Crippen LogP contribution in [0.5, 0.6) is 0 Å². The van der Waals surface area contributed by atoms with Gasteiger partial charge in [0.25, 0.3) is 5.91 Å². The fraction of sp³-hybridized carbons (Fsp3) is 0.480. The van der Waals surface area contributed by atoms with Gasteiger partial charge in [-0.25, -0.2) is 0 Å². The van der Waals surface area contributed by atoms with E-state index in [-0.39, 0.29) is 5.91 Å². The molecule has 3 heteroatoms. The molecule has 150 valence electrons. The maximum absolute atomic E-state index is 13.1. The number of amides is 1. The summed E-state index contributed by atoms with van der Waals surface area (Å²) in [6.45, 7) is 7.96. The third-order valence-corrected chi connectivity index (χ3v) is 5.97. The van der Waals surface area contributed by atoms with Gasteiger partial charge in [-0.1, -0.05) is 55.8 Å². The van der Waals surface area contributed by atoms with Crippen molar-refractivity contribution >= 4 is 11.6 Å². The van der Waals surface area contributed by atoms with Crippen molar-refractivity contribution in [1.82, 2.24) is 0 Å². The molecule has 1 N–H and O–H groups in total. The highest BCUT2D eigenvalue weighted by Crippen LogP contribution is 2.24. The molecule has 1 fully saturated rings. The summed E-state index contributed by atoms with van der Waals surface area (Å²) in [5, 5.41) is 3.23. The predicted molar refractivity (Wildman–Crippen MR) is 117 cm³/mol. The van der Waals surface area contributed by atoms with Gasteiger partial charge >= 0.3 is 0 Å². The quantitative estimate of drug-likeness (QED) is 0.634. The lowest BCUT2D eigenvalue weighted by Crippen LogP contribution is -2.52. The van der Waals surface area contributed by atoms with Crippen LogP contribution in [0, 0.1) is 6.92 Å². The lowest BCUT2D eigenvalue weighted by Gasteiger charge is -2.37. The van der Waals surface area contributed by atoms with Gasteiger partial charge in [-0.15, -0.1) is 0 Å². The van der Waals surface area contributed by atoms with Crippen LogP contribution in [0.15, 0.2) is 48.5 Å². The van der Waals surface area contributed by atoms with Gasteiger partial charge in [0.15, 0.2) is 6.54 Å². The van der Waals surface area contributed by atoms with E-state index in [1.807, 2.05) is 0 Å². The Hall–Kier alpha value is -2.13. The number of carbonyl (C=O) groups excluding carboxylic acids is 1. The summed E-state index contributed by atoms with van der Waals surface area (Å²) in [6.07, 6.45) is 7.17. The number of quaternary nitrogens is 1. The van der Waals surface area contributed by atoms with Crippen LogP contribution in [0.3, 0.4) is 0 Å². The van der Waals surface area contributed by atoms with Crippen molar-refractivity contribution in [2.75, 3.05) is 25.0 Å². The molecule has 0 radical (unpaired) electrons. The van der Waals surface area contributed by atoms with Gasteiger partial charge in [-0.3, -0.25) is 4.79 Å². The molecule has 3 nitrogen and oxygen atoms in total. The molecule has 0 bridgehead atoms. The fourth-order valence-corrected chi connectivity index (χ4v) is 4.45. The first-order valence-electron chi connectivity index (χ1n) is 10.9. The van der Waals surface area contributed by atoms with E-state index in [0.717, 1.165) is 48.2 Å². The molecule has 0 unspecified atom stereocenters. The topological polar surface area (TPSA) is 29.1 Å². The molecular weight excluding hydrogens is 344 g/mol. The average Bonchev–Trinajstić information content (AvgIpc) is 2.91. The van der Waals surface area contributed by atoms with Crippen LogP contribution in [0.2, 0.25) is 0 Å². The van der Waals surface area contributed by atoms with Crippen LogP contribution in [-0.4, -0.2) is 30.0 Å². The van der Waals surface area contributed by atoms with Gasteiger partial charge < -0.3 is 9.80 Å². The molecule has 3 rings (SSSR count). The van der Waals surface area contributed by atoms with Gasteiger partial charge in [0.05, 0.1) is 13.1 Å². The van der Waals surface area contributed by atoms with E-state index in [4.69, 9.17) is 0 Å². The van der Waals surface area contributed by atoms with Crippen molar-refractivity contribution in [3.63, 3.8) is 0 Å². The molecule has 2 aromatic carbocycles. The summed E-state index contributed by atoms with van der Waals surface area (Å²) >= 11 is 0. The number of anilines is 1. The van der Waals surface area contributed by atoms with E-state index < -0.39 is 0 Å². The normalized spacial score (nSPS) is 16.4. The molecule has 0 spiro atoms. The van der Waals surface area contributed by atoms with Crippen molar-refractivity contribution in [3.05, 3.63) is 65.2 Å². The fourth-order valence-electron chi connectivity index (χ4n) is 4.45. The summed E-state index contributed by atoms with van der Waals surface area (Å²) in [5.41, 5.74) is 4.74. The largest absolute Gasteiger partial charge is 0.321 e. The minimum absolute atomic E-state index is 0.148. The SMILES string of the molecule is CCCc1ccc(C)c(NC(=O)C[N+]2(Cc3ccccc3)CCCCCC2)c1. The number of benzene rings is 2. The first-order valence-corrected chi connectivity index (χ1v) is 10.9. The summed E-state index contributed by atoms with van der Waals surface area (Å²) in [4.78, 5) is 13.1. The highest BCUT2D eigenvalue weighted by molar-refractivity contribution is 5.92. The van der Waals surface area contributed by atoms with Crippen LogP contribution in [0.1, 0.15) is 55.7 Å². The Bertz CT molecular complexity index is 761. The third-order valence-electron chi connectivity index (χ3n) is 5.97. The monoisotopic (exact) mass is 379 g/mol. The second-order valence-electron chi connectivity index (χ2n) is 8.45. The summed E-state index contributed by atoms with van der Waals surface area (Å²) in [6, 6.07) is 17.1. The first kappa shape index (κ1) is 20.6. The Morgan fingerprint density at radius 3 is 2.36 bits per heavy atom. The molecule has 0 atom stereocenters. The number of nitrogens with one attached hydrogen (secondary N) is 1. The minimum atomic E-state index is 0.148. The first-order chi connectivity index (χ1) is 13.6. The number of rotatable bonds is 7. The van der Waals surface area contributed by atoms with E-state index in [1.165, 1.54) is 36.8 Å². The Labute approximate surface area is 170 Å². The van der Waals surface area contributed by atoms with Crippen molar-refractivity contribution in [3.8, 4) is 0 Å². The summed E-state index contributed by atoms with van der Waals surface area (Å²) < 4.78 is 0.879. The van der Waals surface area contributed by atoms with Gasteiger partial charge in [-0.2, -0.15) is 0 Å². The standard InChI is InChI=1S/C25H34N2O/c1-3-11-22-15-14-21(2)24(18-22)26-25(28)20-27(16-9-4-5-10-17-27)19-23-12-7-6-8-13-23/h6-8,12-15,18H,3-5,9-11,16-17,19-20H2,1-2H3/p+1. The Morgan fingerprint density at radius 1 is 0.964 bits per heavy atom. The lowest BCUT2D eigenvalue weighted by atomic mass is 10.1. The maximum atomic E-state index is 13.1. The highest BCUT2D eigenvalue weighted by atomic mass is 16.2. The van der Waals surface area contributed by atoms with Crippen molar-refractivity contribution in [1.29, 1.82) is 0 Å². The molecule has 0 aliphatic carbocycles. The van der Waals surface area contributed by atoms with E-state index >= 15 is 0 Å². The highest BCUT2D eigenvalue weighted by Gasteiger charge is 2.31. The maximum Gasteiger partial charge on any atom is 0.279 e. The van der Waals surface area contributed by atoms with Crippen molar-refractivity contribution < 1.29 is 9.28 Å². The second kappa shape index (κ2) is 9.88. The number of carbonyl (C=O) groups is 1. The Kier molecular flexibility index (Phi) is 7.27. The zero-order valence-corrected chi connectivity index (χ0v) is 17.5. The second-order valence-corrected chi connectivity index (χ2v) is 8.45. The summed E-state index contributed by atoms with van der Waals surface area (Å²) in [5.74, 6) is 0.148. The predicted octanol–water partition coefficient (Wildman–Crippen LogP) is 5.48. The van der Waals surface area contributed by atoms with E-state index in [2.05, 4.69) is 67.7 Å². The van der Waals surface area contributed by atoms with Crippen LogP contribution < -0.4 is 5.32 Å². The smallest absolute Gasteiger partial charge is 0.279 e. The number of aryl methyl sites for hydroxylation is 2. The lowest BCUT2D eigenvalue weighted by molar-refractivity contribution is -0.932. The van der Waals surface area contributed by atoms with Crippen LogP contribution in [0.4, 0.5) is 5.69 Å². The summed E-state index contributed by atoms with van der Waals surface area (Å²) in [7, 11) is 0. The van der Waals surface area contributed by atoms with E-state index in [0.29, 0.717) is 6.54 Å². The van der Waals surface area contributed by atoms with Gasteiger partial charge in [0.2, 0.25) is 0 Å². The molecule has 28 heavy (non-hydrogen) atoms. The molecule has 0 aromatic heterocycles. The molecule has 1 heterocycles. The van der Waals surface area contributed by atoms with E-state index in [9.17, 15) is 4.79 Å². The third kappa shape index (κ3) is 5.68. The van der Waals surface area contributed by atoms with Crippen LogP contribution >= 0.6 is 0 Å². The Balaban J connectivity index is 1.75. The van der Waals surface area contributed by atoms with Crippen molar-refractivity contribution in [2.45, 2.75) is 58.9 Å². The van der Waals surface area contributed by atoms with Crippen LogP contribution in [-0.2, 0) is 17.8 Å². The van der Waals surface area contributed by atoms with Gasteiger partial charge in [-0.05, 0) is 56.2 Å². The molecule has 2 aromatic rings. The Morgan fingerprint density at radius 2 is 1.68 bits per heavy atom. The molecular formula is C25H35N2O+. The molecule has 1 saturated heterocycles. The zero-order chi connectivity index (χ0) is 19.8. The molecule has 1 aliphatic rings. The molecule has 1 amide bonds. The molecule has 0 saturated carbocycles. The number of nitrogens with zero attached hydrogens (tertiary/aromatic N) is 1. The van der Waals surface area contributed by atoms with Crippen molar-refractivity contribution in [2.24, 2.45) is 0 Å². The minimum Gasteiger partial charge on any atom is -0.321 e. The molecule has 1 aliphatic heterocycles. The van der Waals surface area contributed by atoms with Crippen LogP contribution in [0.25, 0.3) is 0 Å². The van der Waals surface area contributed by atoms with E-state index in [1.54, 1.807) is 0 Å². The van der Waals surface area contributed by atoms with Gasteiger partial charge in [0.1, 0.15) is 6.54 Å². The number of hydrogen-bond donors (Lipinski definition) is 1. The zero-order valence-electron chi connectivity index (χ0n) is 17.5. The number of likely N-dealkylation sites (tertiary alicyclic amines) is 1. The number of hydrogen-bond acceptors (Lipinski definition) is 1. The van der Waals surface area contributed by atoms with Gasteiger partial charge in [0, 0.05) is 11.3 Å².